The van der Waals surface area contributed by atoms with Crippen LogP contribution in [0.3, 0.4) is 0 Å². The number of amides is 3. The standard InChI is InChI=1S/C27H29F3N4O7S/c28-27(29,30)17-4-6-19(7-5-17)42(38,39)33-18-15-20(23-22(16-18)40-13-14-41-23)21(35)3-1-2-10-34-11-8-26(9-12-34)24(36)31-25(37)32-26/h4-7,15-16,33H,1-3,8-14H2,(H2,31,32,36,37). The molecule has 11 nitrogen and oxygen atoms in total. The van der Waals surface area contributed by atoms with Crippen LogP contribution in [0.4, 0.5) is 23.7 Å². The number of Topliss-reactive ketones (excluding diaryl/α,β-unsaturated/α-hetero) is 1. The van der Waals surface area contributed by atoms with Gasteiger partial charge in [-0.25, -0.2) is 13.2 Å². The van der Waals surface area contributed by atoms with E-state index in [1.54, 1.807) is 0 Å². The Kier molecular flexibility index (Phi) is 8.07. The summed E-state index contributed by atoms with van der Waals surface area (Å²) >= 11 is 0. The third-order valence-electron chi connectivity index (χ3n) is 7.54. The zero-order valence-corrected chi connectivity index (χ0v) is 23.2. The number of unbranched alkanes of at least 4 members (excludes halogenated alkanes) is 1. The second-order valence-corrected chi connectivity index (χ2v) is 12.1. The topological polar surface area (TPSA) is 143 Å². The number of carbonyl (C=O) groups is 3. The van der Waals surface area contributed by atoms with Gasteiger partial charge in [-0.15, -0.1) is 0 Å². The Morgan fingerprint density at radius 2 is 1.71 bits per heavy atom. The van der Waals surface area contributed by atoms with Crippen molar-refractivity contribution in [2.24, 2.45) is 0 Å². The van der Waals surface area contributed by atoms with Crippen LogP contribution in [0, 0.1) is 0 Å². The number of urea groups is 1. The number of ether oxygens (including phenoxy) is 2. The highest BCUT2D eigenvalue weighted by molar-refractivity contribution is 7.92. The van der Waals surface area contributed by atoms with Crippen LogP contribution in [-0.4, -0.2) is 69.4 Å². The monoisotopic (exact) mass is 610 g/mol. The quantitative estimate of drug-likeness (QED) is 0.223. The van der Waals surface area contributed by atoms with E-state index in [0.29, 0.717) is 57.5 Å². The molecule has 0 saturated carbocycles. The number of fused-ring (bicyclic) bond motifs is 1. The van der Waals surface area contributed by atoms with E-state index in [0.717, 1.165) is 12.1 Å². The van der Waals surface area contributed by atoms with Gasteiger partial charge in [-0.2, -0.15) is 13.2 Å². The maximum absolute atomic E-state index is 13.2. The third-order valence-corrected chi connectivity index (χ3v) is 8.94. The highest BCUT2D eigenvalue weighted by atomic mass is 32.2. The molecule has 0 unspecified atom stereocenters. The molecule has 3 aliphatic heterocycles. The van der Waals surface area contributed by atoms with Gasteiger partial charge in [0.2, 0.25) is 0 Å². The van der Waals surface area contributed by atoms with Gasteiger partial charge in [0.1, 0.15) is 18.8 Å². The molecule has 2 aromatic carbocycles. The van der Waals surface area contributed by atoms with Crippen LogP contribution >= 0.6 is 0 Å². The van der Waals surface area contributed by atoms with Crippen LogP contribution in [-0.2, 0) is 21.0 Å². The normalized spacial score (nSPS) is 18.5. The Bertz CT molecular complexity index is 1490. The SMILES string of the molecule is O=C1NC(=O)C2(CCN(CCCCC(=O)c3cc(NS(=O)(=O)c4ccc(C(F)(F)F)cc4)cc4c3OCCO4)CC2)N1. The molecule has 42 heavy (non-hydrogen) atoms. The van der Waals surface area contributed by atoms with Crippen molar-refractivity contribution in [1.82, 2.24) is 15.5 Å². The summed E-state index contributed by atoms with van der Waals surface area (Å²) in [6.45, 7) is 2.35. The van der Waals surface area contributed by atoms with Gasteiger partial charge < -0.3 is 19.7 Å². The first-order valence-electron chi connectivity index (χ1n) is 13.4. The fourth-order valence-electron chi connectivity index (χ4n) is 5.25. The molecule has 3 heterocycles. The van der Waals surface area contributed by atoms with Crippen molar-refractivity contribution in [3.63, 3.8) is 0 Å². The van der Waals surface area contributed by atoms with E-state index in [1.165, 1.54) is 12.1 Å². The zero-order chi connectivity index (χ0) is 30.1. The maximum atomic E-state index is 13.2. The minimum absolute atomic E-state index is 0.00721. The fraction of sp³-hybridized carbons (Fsp3) is 0.444. The maximum Gasteiger partial charge on any atom is 0.416 e. The van der Waals surface area contributed by atoms with Crippen molar-refractivity contribution in [2.45, 2.75) is 48.7 Å². The Labute approximate surface area is 239 Å². The summed E-state index contributed by atoms with van der Waals surface area (Å²) in [4.78, 5) is 38.6. The van der Waals surface area contributed by atoms with Gasteiger partial charge in [0.25, 0.3) is 15.9 Å². The first kappa shape index (κ1) is 29.6. The molecule has 0 bridgehead atoms. The Balaban J connectivity index is 1.20. The van der Waals surface area contributed by atoms with Crippen LogP contribution in [0.2, 0.25) is 0 Å². The number of benzene rings is 2. The number of nitrogens with zero attached hydrogens (tertiary/aromatic N) is 1. The van der Waals surface area contributed by atoms with E-state index in [-0.39, 0.29) is 59.0 Å². The van der Waals surface area contributed by atoms with E-state index in [2.05, 4.69) is 20.3 Å². The first-order chi connectivity index (χ1) is 19.9. The molecule has 226 valence electrons. The lowest BCUT2D eigenvalue weighted by Gasteiger charge is -2.36. The van der Waals surface area contributed by atoms with Gasteiger partial charge in [-0.3, -0.25) is 19.6 Å². The van der Waals surface area contributed by atoms with Crippen molar-refractivity contribution in [3.8, 4) is 11.5 Å². The number of alkyl halides is 3. The van der Waals surface area contributed by atoms with Gasteiger partial charge in [0.05, 0.1) is 21.7 Å². The summed E-state index contributed by atoms with van der Waals surface area (Å²) in [6, 6.07) is 5.30. The van der Waals surface area contributed by atoms with Crippen molar-refractivity contribution in [2.75, 3.05) is 37.6 Å². The lowest BCUT2D eigenvalue weighted by molar-refractivity contribution is -0.137. The summed E-state index contributed by atoms with van der Waals surface area (Å²) in [5.41, 5.74) is -1.68. The molecular formula is C27H29F3N4O7S. The van der Waals surface area contributed by atoms with E-state index in [1.807, 2.05) is 0 Å². The molecule has 0 radical (unpaired) electrons. The van der Waals surface area contributed by atoms with Crippen molar-refractivity contribution in [1.29, 1.82) is 0 Å². The number of rotatable bonds is 9. The smallest absolute Gasteiger partial charge is 0.416 e. The highest BCUT2D eigenvalue weighted by Gasteiger charge is 2.47. The van der Waals surface area contributed by atoms with Crippen molar-refractivity contribution >= 4 is 33.4 Å². The van der Waals surface area contributed by atoms with Crippen LogP contribution in [0.15, 0.2) is 41.3 Å². The van der Waals surface area contributed by atoms with Crippen LogP contribution < -0.4 is 24.8 Å². The predicted octanol–water partition coefficient (Wildman–Crippen LogP) is 3.30. The van der Waals surface area contributed by atoms with Gasteiger partial charge in [-0.05, 0) is 62.6 Å². The largest absolute Gasteiger partial charge is 0.486 e. The molecular weight excluding hydrogens is 581 g/mol. The molecule has 0 aromatic heterocycles. The second-order valence-electron chi connectivity index (χ2n) is 10.4. The number of halogens is 3. The first-order valence-corrected chi connectivity index (χ1v) is 14.9. The number of sulfonamides is 1. The molecule has 3 aliphatic rings. The van der Waals surface area contributed by atoms with Gasteiger partial charge in [-0.1, -0.05) is 0 Å². The molecule has 2 fully saturated rings. The molecule has 3 amide bonds. The molecule has 0 atom stereocenters. The Morgan fingerprint density at radius 3 is 2.36 bits per heavy atom. The number of anilines is 1. The van der Waals surface area contributed by atoms with Crippen molar-refractivity contribution in [3.05, 3.63) is 47.5 Å². The number of imide groups is 1. The highest BCUT2D eigenvalue weighted by Crippen LogP contribution is 2.39. The number of likely N-dealkylation sites (tertiary alicyclic amines) is 1. The van der Waals surface area contributed by atoms with Crippen LogP contribution in [0.25, 0.3) is 0 Å². The van der Waals surface area contributed by atoms with Crippen LogP contribution in [0.5, 0.6) is 11.5 Å². The molecule has 5 rings (SSSR count). The van der Waals surface area contributed by atoms with Gasteiger partial charge in [0.15, 0.2) is 17.3 Å². The molecule has 1 spiro atoms. The summed E-state index contributed by atoms with van der Waals surface area (Å²) < 4.78 is 78.0. The Hall–Kier alpha value is -3.85. The predicted molar refractivity (Wildman–Crippen MR) is 143 cm³/mol. The molecule has 3 N–H and O–H groups in total. The summed E-state index contributed by atoms with van der Waals surface area (Å²) in [7, 11) is -4.27. The number of ketones is 1. The Morgan fingerprint density at radius 1 is 1.02 bits per heavy atom. The van der Waals surface area contributed by atoms with Gasteiger partial charge >= 0.3 is 12.2 Å². The molecule has 15 heteroatoms. The summed E-state index contributed by atoms with van der Waals surface area (Å²) in [5.74, 6) is -0.184. The fourth-order valence-corrected chi connectivity index (χ4v) is 6.29. The second kappa shape index (κ2) is 11.4. The average Bonchev–Trinajstić information content (AvgIpc) is 3.22. The number of hydrogen-bond acceptors (Lipinski definition) is 8. The van der Waals surface area contributed by atoms with Crippen molar-refractivity contribution < 1.29 is 45.4 Å². The van der Waals surface area contributed by atoms with Gasteiger partial charge in [0, 0.05) is 25.6 Å². The number of piperidine rings is 1. The number of hydrogen-bond donors (Lipinski definition) is 3. The lowest BCUT2D eigenvalue weighted by Crippen LogP contribution is -2.54. The zero-order valence-electron chi connectivity index (χ0n) is 22.4. The van der Waals surface area contributed by atoms with Crippen LogP contribution in [0.1, 0.15) is 48.0 Å². The van der Waals surface area contributed by atoms with E-state index in [9.17, 15) is 36.0 Å². The molecule has 2 aromatic rings. The number of nitrogens with one attached hydrogen (secondary N) is 3. The van der Waals surface area contributed by atoms with E-state index < -0.39 is 33.3 Å². The van der Waals surface area contributed by atoms with E-state index >= 15 is 0 Å². The number of carbonyl (C=O) groups excluding carboxylic acids is 3. The summed E-state index contributed by atoms with van der Waals surface area (Å²) in [6.07, 6.45) is -2.22. The lowest BCUT2D eigenvalue weighted by atomic mass is 9.87. The minimum Gasteiger partial charge on any atom is -0.486 e. The summed E-state index contributed by atoms with van der Waals surface area (Å²) in [5, 5.41) is 5.01. The van der Waals surface area contributed by atoms with E-state index in [4.69, 9.17) is 9.47 Å². The molecule has 2 saturated heterocycles. The third kappa shape index (κ3) is 6.31. The average molecular weight is 611 g/mol. The molecule has 0 aliphatic carbocycles. The minimum atomic E-state index is -4.61.